The molecular formula is C17H19ClN2O3. The Morgan fingerprint density at radius 3 is 2.70 bits per heavy atom. The van der Waals surface area contributed by atoms with Gasteiger partial charge in [0, 0.05) is 37.8 Å². The van der Waals surface area contributed by atoms with Crippen molar-refractivity contribution in [2.75, 3.05) is 13.2 Å². The Hall–Kier alpha value is -2.11. The van der Waals surface area contributed by atoms with Crippen LogP contribution in [0.5, 0.6) is 0 Å². The predicted molar refractivity (Wildman–Crippen MR) is 89.6 cm³/mol. The molecule has 122 valence electrons. The van der Waals surface area contributed by atoms with Crippen molar-refractivity contribution in [3.63, 3.8) is 0 Å². The third-order valence-electron chi connectivity index (χ3n) is 3.54. The maximum Gasteiger partial charge on any atom is 0.270 e. The van der Waals surface area contributed by atoms with Gasteiger partial charge >= 0.3 is 0 Å². The number of pyridine rings is 1. The zero-order valence-corrected chi connectivity index (χ0v) is 13.7. The number of hydrogen-bond donors (Lipinski definition) is 1. The molecule has 1 N–H and O–H groups in total. The molecule has 6 heteroatoms. The van der Waals surface area contributed by atoms with Crippen molar-refractivity contribution in [3.8, 4) is 0 Å². The van der Waals surface area contributed by atoms with Gasteiger partial charge in [-0.05, 0) is 30.2 Å². The van der Waals surface area contributed by atoms with Crippen LogP contribution in [-0.2, 0) is 13.6 Å². The van der Waals surface area contributed by atoms with Crippen molar-refractivity contribution in [3.05, 3.63) is 69.1 Å². The first-order chi connectivity index (χ1) is 11.0. The summed E-state index contributed by atoms with van der Waals surface area (Å²) in [7, 11) is 1.57. The number of aliphatic hydroxyl groups is 1. The number of carbonyl (C=O) groups is 1. The van der Waals surface area contributed by atoms with Crippen LogP contribution in [0.4, 0.5) is 0 Å². The summed E-state index contributed by atoms with van der Waals surface area (Å²) in [6, 6.07) is 11.9. The Bertz CT molecular complexity index is 743. The zero-order chi connectivity index (χ0) is 16.8. The molecule has 5 nitrogen and oxygen atoms in total. The van der Waals surface area contributed by atoms with Crippen LogP contribution in [-0.4, -0.2) is 33.6 Å². The molecule has 0 aliphatic rings. The first-order valence-corrected chi connectivity index (χ1v) is 7.71. The lowest BCUT2D eigenvalue weighted by Gasteiger charge is -2.23. The number of amides is 1. The number of aliphatic hydroxyl groups excluding tert-OH is 1. The summed E-state index contributed by atoms with van der Waals surface area (Å²) in [5.74, 6) is -0.251. The average molecular weight is 335 g/mol. The van der Waals surface area contributed by atoms with E-state index in [4.69, 9.17) is 16.7 Å². The van der Waals surface area contributed by atoms with E-state index in [1.165, 1.54) is 10.6 Å². The number of hydrogen-bond acceptors (Lipinski definition) is 3. The van der Waals surface area contributed by atoms with Crippen molar-refractivity contribution in [2.24, 2.45) is 7.05 Å². The van der Waals surface area contributed by atoms with Crippen LogP contribution in [0.2, 0.25) is 5.02 Å². The van der Waals surface area contributed by atoms with Crippen molar-refractivity contribution in [1.29, 1.82) is 0 Å². The van der Waals surface area contributed by atoms with Crippen molar-refractivity contribution in [1.82, 2.24) is 9.47 Å². The molecule has 0 spiro atoms. The monoisotopic (exact) mass is 334 g/mol. The van der Waals surface area contributed by atoms with Gasteiger partial charge in [0.25, 0.3) is 11.5 Å². The van der Waals surface area contributed by atoms with E-state index in [-0.39, 0.29) is 18.1 Å². The Morgan fingerprint density at radius 2 is 2.00 bits per heavy atom. The Kier molecular flexibility index (Phi) is 5.96. The topological polar surface area (TPSA) is 62.5 Å². The fraction of sp³-hybridized carbons (Fsp3) is 0.294. The molecule has 0 atom stereocenters. The summed E-state index contributed by atoms with van der Waals surface area (Å²) in [4.78, 5) is 26.1. The Morgan fingerprint density at radius 1 is 1.26 bits per heavy atom. The second-order valence-electron chi connectivity index (χ2n) is 5.24. The molecule has 0 saturated heterocycles. The number of nitrogens with zero attached hydrogens (tertiary/aromatic N) is 2. The molecule has 0 aliphatic heterocycles. The second kappa shape index (κ2) is 7.94. The van der Waals surface area contributed by atoms with E-state index in [0.717, 1.165) is 5.56 Å². The van der Waals surface area contributed by atoms with E-state index in [9.17, 15) is 9.59 Å². The number of benzene rings is 1. The van der Waals surface area contributed by atoms with Crippen LogP contribution in [0.15, 0.2) is 47.3 Å². The molecule has 0 aliphatic carbocycles. The standard InChI is InChI=1S/C17H19ClN2O3/c1-19-15(7-3-8-16(19)22)17(23)20(9-4-10-21)12-13-5-2-6-14(18)11-13/h2-3,5-8,11,21H,4,9-10,12H2,1H3. The highest BCUT2D eigenvalue weighted by atomic mass is 35.5. The molecule has 0 saturated carbocycles. The van der Waals surface area contributed by atoms with Crippen molar-refractivity contribution in [2.45, 2.75) is 13.0 Å². The third-order valence-corrected chi connectivity index (χ3v) is 3.77. The highest BCUT2D eigenvalue weighted by Gasteiger charge is 2.18. The molecule has 1 amide bonds. The number of halogens is 1. The molecule has 2 aromatic rings. The summed E-state index contributed by atoms with van der Waals surface area (Å²) >= 11 is 5.99. The lowest BCUT2D eigenvalue weighted by molar-refractivity contribution is 0.0721. The van der Waals surface area contributed by atoms with E-state index in [2.05, 4.69) is 0 Å². The normalized spacial score (nSPS) is 10.6. The quantitative estimate of drug-likeness (QED) is 0.879. The first-order valence-electron chi connectivity index (χ1n) is 7.33. The van der Waals surface area contributed by atoms with Crippen molar-refractivity contribution < 1.29 is 9.90 Å². The molecule has 0 fully saturated rings. The van der Waals surface area contributed by atoms with Crippen LogP contribution < -0.4 is 5.56 Å². The highest BCUT2D eigenvalue weighted by Crippen LogP contribution is 2.14. The highest BCUT2D eigenvalue weighted by molar-refractivity contribution is 6.30. The molecular weight excluding hydrogens is 316 g/mol. The van der Waals surface area contributed by atoms with Crippen LogP contribution in [0, 0.1) is 0 Å². The van der Waals surface area contributed by atoms with Gasteiger partial charge in [0.05, 0.1) is 0 Å². The largest absolute Gasteiger partial charge is 0.396 e. The molecule has 1 heterocycles. The summed E-state index contributed by atoms with van der Waals surface area (Å²) in [5, 5.41) is 9.66. The minimum Gasteiger partial charge on any atom is -0.396 e. The van der Waals surface area contributed by atoms with Crippen LogP contribution in [0.25, 0.3) is 0 Å². The first kappa shape index (κ1) is 17.2. The Labute approximate surface area is 139 Å². The number of aromatic nitrogens is 1. The molecule has 2 rings (SSSR count). The average Bonchev–Trinajstić information content (AvgIpc) is 2.53. The second-order valence-corrected chi connectivity index (χ2v) is 5.68. The van der Waals surface area contributed by atoms with Gasteiger partial charge in [0.1, 0.15) is 5.69 Å². The van der Waals surface area contributed by atoms with Gasteiger partial charge < -0.3 is 14.6 Å². The van der Waals surface area contributed by atoms with Crippen LogP contribution in [0.3, 0.4) is 0 Å². The van der Waals surface area contributed by atoms with Gasteiger partial charge in [-0.1, -0.05) is 29.8 Å². The molecule has 0 radical (unpaired) electrons. The van der Waals surface area contributed by atoms with Gasteiger partial charge in [0.2, 0.25) is 0 Å². The maximum atomic E-state index is 12.8. The van der Waals surface area contributed by atoms with Crippen molar-refractivity contribution >= 4 is 17.5 Å². The molecule has 23 heavy (non-hydrogen) atoms. The number of rotatable bonds is 6. The predicted octanol–water partition coefficient (Wildman–Crippen LogP) is 2.06. The third kappa shape index (κ3) is 4.43. The summed E-state index contributed by atoms with van der Waals surface area (Å²) in [5.41, 5.74) is 0.975. The summed E-state index contributed by atoms with van der Waals surface area (Å²) in [6.45, 7) is 0.750. The van der Waals surface area contributed by atoms with E-state index >= 15 is 0 Å². The summed E-state index contributed by atoms with van der Waals surface area (Å²) < 4.78 is 1.33. The molecule has 0 bridgehead atoms. The van der Waals surface area contributed by atoms with Crippen LogP contribution in [0.1, 0.15) is 22.5 Å². The minimum atomic E-state index is -0.251. The lowest BCUT2D eigenvalue weighted by atomic mass is 10.2. The molecule has 1 aromatic carbocycles. The molecule has 0 unspecified atom stereocenters. The van der Waals surface area contributed by atoms with E-state index in [1.54, 1.807) is 36.2 Å². The lowest BCUT2D eigenvalue weighted by Crippen LogP contribution is -2.35. The smallest absolute Gasteiger partial charge is 0.270 e. The van der Waals surface area contributed by atoms with E-state index < -0.39 is 0 Å². The number of carbonyl (C=O) groups excluding carboxylic acids is 1. The maximum absolute atomic E-state index is 12.8. The van der Waals surface area contributed by atoms with Gasteiger partial charge in [-0.15, -0.1) is 0 Å². The van der Waals surface area contributed by atoms with Gasteiger partial charge in [-0.25, -0.2) is 0 Å². The zero-order valence-electron chi connectivity index (χ0n) is 12.9. The van der Waals surface area contributed by atoms with Crippen LogP contribution >= 0.6 is 11.6 Å². The minimum absolute atomic E-state index is 0.00690. The van der Waals surface area contributed by atoms with E-state index in [0.29, 0.717) is 30.2 Å². The fourth-order valence-corrected chi connectivity index (χ4v) is 2.52. The fourth-order valence-electron chi connectivity index (χ4n) is 2.31. The Balaban J connectivity index is 2.28. The van der Waals surface area contributed by atoms with Gasteiger partial charge in [-0.3, -0.25) is 9.59 Å². The van der Waals surface area contributed by atoms with E-state index in [1.807, 2.05) is 12.1 Å². The SMILES string of the molecule is Cn1c(C(=O)N(CCCO)Cc2cccc(Cl)c2)cccc1=O. The van der Waals surface area contributed by atoms with Gasteiger partial charge in [0.15, 0.2) is 0 Å². The molecule has 1 aromatic heterocycles. The van der Waals surface area contributed by atoms with Gasteiger partial charge in [-0.2, -0.15) is 0 Å². The summed E-state index contributed by atoms with van der Waals surface area (Å²) in [6.07, 6.45) is 0.465.